The minimum atomic E-state index is -0.606. The molecule has 2 nitrogen and oxygen atoms in total. The molecule has 1 atom stereocenters. The molecule has 0 unspecified atom stereocenters. The first kappa shape index (κ1) is 12.2. The molecule has 84 valence electrons. The van der Waals surface area contributed by atoms with Crippen molar-refractivity contribution in [3.8, 4) is 0 Å². The molecule has 0 amide bonds. The van der Waals surface area contributed by atoms with Gasteiger partial charge in [0.05, 0.1) is 5.60 Å². The maximum absolute atomic E-state index is 10.2. The molecule has 0 aromatic heterocycles. The van der Waals surface area contributed by atoms with Crippen LogP contribution in [0.25, 0.3) is 0 Å². The van der Waals surface area contributed by atoms with Gasteiger partial charge >= 0.3 is 0 Å². The first-order valence-corrected chi connectivity index (χ1v) is 5.41. The molecule has 1 aromatic carbocycles. The van der Waals surface area contributed by atoms with E-state index in [1.165, 1.54) is 5.56 Å². The first-order valence-electron chi connectivity index (χ1n) is 5.41. The lowest BCUT2D eigenvalue weighted by Crippen LogP contribution is -2.31. The van der Waals surface area contributed by atoms with Gasteiger partial charge in [-0.15, -0.1) is 0 Å². The number of hydrogen-bond donors (Lipinski definition) is 1. The normalized spacial score (nSPS) is 15.3. The highest BCUT2D eigenvalue weighted by atomic mass is 16.3. The molecule has 0 saturated carbocycles. The Hall–Kier alpha value is -0.860. The fourth-order valence-corrected chi connectivity index (χ4v) is 1.59. The molecular formula is C13H21NO. The zero-order chi connectivity index (χ0) is 11.3. The molecule has 2 heteroatoms. The van der Waals surface area contributed by atoms with Crippen molar-refractivity contribution >= 4 is 0 Å². The third-order valence-electron chi connectivity index (χ3n) is 2.53. The van der Waals surface area contributed by atoms with Crippen LogP contribution in [0.5, 0.6) is 0 Å². The van der Waals surface area contributed by atoms with E-state index in [-0.39, 0.29) is 0 Å². The van der Waals surface area contributed by atoms with Crippen LogP contribution >= 0.6 is 0 Å². The van der Waals surface area contributed by atoms with Crippen LogP contribution in [0.3, 0.4) is 0 Å². The Kier molecular flexibility index (Phi) is 4.30. The molecule has 0 radical (unpaired) electrons. The van der Waals surface area contributed by atoms with Crippen molar-refractivity contribution < 1.29 is 5.11 Å². The van der Waals surface area contributed by atoms with Crippen LogP contribution in [0.2, 0.25) is 0 Å². The maximum atomic E-state index is 10.2. The molecule has 0 bridgehead atoms. The molecule has 15 heavy (non-hydrogen) atoms. The van der Waals surface area contributed by atoms with Gasteiger partial charge in [-0.1, -0.05) is 30.3 Å². The molecule has 0 heterocycles. The summed E-state index contributed by atoms with van der Waals surface area (Å²) in [5, 5.41) is 10.2. The second-order valence-corrected chi connectivity index (χ2v) is 4.71. The Morgan fingerprint density at radius 1 is 1.20 bits per heavy atom. The largest absolute Gasteiger partial charge is 0.390 e. The van der Waals surface area contributed by atoms with Crippen LogP contribution in [-0.2, 0) is 6.42 Å². The van der Waals surface area contributed by atoms with Crippen LogP contribution in [0.15, 0.2) is 30.3 Å². The molecule has 1 rings (SSSR count). The third-order valence-corrected chi connectivity index (χ3v) is 2.53. The van der Waals surface area contributed by atoms with Crippen molar-refractivity contribution in [3.05, 3.63) is 35.9 Å². The molecule has 0 aliphatic heterocycles. The average molecular weight is 207 g/mol. The van der Waals surface area contributed by atoms with Gasteiger partial charge in [0.25, 0.3) is 0 Å². The summed E-state index contributed by atoms with van der Waals surface area (Å²) in [7, 11) is 4.05. The summed E-state index contributed by atoms with van der Waals surface area (Å²) in [6.45, 7) is 2.82. The summed E-state index contributed by atoms with van der Waals surface area (Å²) < 4.78 is 0. The van der Waals surface area contributed by atoms with E-state index in [2.05, 4.69) is 17.0 Å². The highest BCUT2D eigenvalue weighted by Gasteiger charge is 2.20. The van der Waals surface area contributed by atoms with Crippen molar-refractivity contribution in [2.45, 2.75) is 25.4 Å². The van der Waals surface area contributed by atoms with E-state index >= 15 is 0 Å². The number of benzene rings is 1. The molecule has 0 aliphatic carbocycles. The Bertz CT molecular complexity index is 280. The van der Waals surface area contributed by atoms with E-state index < -0.39 is 5.60 Å². The second-order valence-electron chi connectivity index (χ2n) is 4.71. The standard InChI is InChI=1S/C13H21NO/c1-13(15,9-10-14(2)3)11-12-7-5-4-6-8-12/h4-8,15H,9-11H2,1-3H3/t13-/m1/s1. The van der Waals surface area contributed by atoms with E-state index in [9.17, 15) is 5.11 Å². The predicted molar refractivity (Wildman–Crippen MR) is 63.9 cm³/mol. The van der Waals surface area contributed by atoms with Gasteiger partial charge in [-0.05, 0) is 33.0 Å². The van der Waals surface area contributed by atoms with Gasteiger partial charge in [-0.25, -0.2) is 0 Å². The van der Waals surface area contributed by atoms with Gasteiger partial charge in [0.2, 0.25) is 0 Å². The van der Waals surface area contributed by atoms with Crippen LogP contribution in [-0.4, -0.2) is 36.2 Å². The van der Waals surface area contributed by atoms with E-state index in [0.29, 0.717) is 0 Å². The summed E-state index contributed by atoms with van der Waals surface area (Å²) in [6.07, 6.45) is 1.52. The number of hydrogen-bond acceptors (Lipinski definition) is 2. The quantitative estimate of drug-likeness (QED) is 0.797. The fraction of sp³-hybridized carbons (Fsp3) is 0.538. The Labute approximate surface area is 92.5 Å². The summed E-state index contributed by atoms with van der Waals surface area (Å²) in [4.78, 5) is 2.10. The number of nitrogens with zero attached hydrogens (tertiary/aromatic N) is 1. The maximum Gasteiger partial charge on any atom is 0.0672 e. The van der Waals surface area contributed by atoms with Gasteiger partial charge in [0, 0.05) is 13.0 Å². The lowest BCUT2D eigenvalue weighted by Gasteiger charge is -2.25. The zero-order valence-corrected chi connectivity index (χ0v) is 9.90. The van der Waals surface area contributed by atoms with Crippen molar-refractivity contribution in [1.82, 2.24) is 4.90 Å². The second kappa shape index (κ2) is 5.29. The molecule has 0 spiro atoms. The SMILES string of the molecule is CN(C)CC[C@@](C)(O)Cc1ccccc1. The van der Waals surface area contributed by atoms with Gasteiger partial charge < -0.3 is 10.0 Å². The minimum Gasteiger partial charge on any atom is -0.390 e. The van der Waals surface area contributed by atoms with Crippen LogP contribution < -0.4 is 0 Å². The lowest BCUT2D eigenvalue weighted by molar-refractivity contribution is 0.0442. The van der Waals surface area contributed by atoms with Crippen molar-refractivity contribution in [1.29, 1.82) is 0 Å². The summed E-state index contributed by atoms with van der Waals surface area (Å²) >= 11 is 0. The van der Waals surface area contributed by atoms with Gasteiger partial charge in [-0.2, -0.15) is 0 Å². The molecule has 0 aliphatic rings. The summed E-state index contributed by atoms with van der Waals surface area (Å²) in [5.41, 5.74) is 0.590. The fourth-order valence-electron chi connectivity index (χ4n) is 1.59. The number of rotatable bonds is 5. The molecule has 1 N–H and O–H groups in total. The van der Waals surface area contributed by atoms with Crippen LogP contribution in [0.4, 0.5) is 0 Å². The van der Waals surface area contributed by atoms with Crippen molar-refractivity contribution in [2.75, 3.05) is 20.6 Å². The number of aliphatic hydroxyl groups is 1. The molecule has 0 saturated heterocycles. The topological polar surface area (TPSA) is 23.5 Å². The zero-order valence-electron chi connectivity index (χ0n) is 9.90. The highest BCUT2D eigenvalue weighted by Crippen LogP contribution is 2.16. The smallest absolute Gasteiger partial charge is 0.0672 e. The van der Waals surface area contributed by atoms with Crippen LogP contribution in [0, 0.1) is 0 Å². The van der Waals surface area contributed by atoms with Gasteiger partial charge in [0.15, 0.2) is 0 Å². The molecular weight excluding hydrogens is 186 g/mol. The lowest BCUT2D eigenvalue weighted by atomic mass is 9.93. The van der Waals surface area contributed by atoms with Crippen molar-refractivity contribution in [3.63, 3.8) is 0 Å². The first-order chi connectivity index (χ1) is 6.99. The van der Waals surface area contributed by atoms with E-state index in [1.54, 1.807) is 0 Å². The van der Waals surface area contributed by atoms with Gasteiger partial charge in [-0.3, -0.25) is 0 Å². The van der Waals surface area contributed by atoms with E-state index in [4.69, 9.17) is 0 Å². The molecule has 1 aromatic rings. The summed E-state index contributed by atoms with van der Waals surface area (Å²) in [6, 6.07) is 10.1. The van der Waals surface area contributed by atoms with E-state index in [0.717, 1.165) is 19.4 Å². The predicted octanol–water partition coefficient (Wildman–Crippen LogP) is 1.93. The Morgan fingerprint density at radius 3 is 2.33 bits per heavy atom. The Morgan fingerprint density at radius 2 is 1.80 bits per heavy atom. The molecule has 0 fully saturated rings. The minimum absolute atomic E-state index is 0.606. The average Bonchev–Trinajstić information content (AvgIpc) is 2.16. The Balaban J connectivity index is 2.49. The van der Waals surface area contributed by atoms with Crippen molar-refractivity contribution in [2.24, 2.45) is 0 Å². The van der Waals surface area contributed by atoms with Gasteiger partial charge in [0.1, 0.15) is 0 Å². The van der Waals surface area contributed by atoms with E-state index in [1.807, 2.05) is 39.2 Å². The summed E-state index contributed by atoms with van der Waals surface area (Å²) in [5.74, 6) is 0. The highest BCUT2D eigenvalue weighted by molar-refractivity contribution is 5.16. The van der Waals surface area contributed by atoms with Crippen LogP contribution in [0.1, 0.15) is 18.9 Å². The monoisotopic (exact) mass is 207 g/mol. The third kappa shape index (κ3) is 4.96.